The number of nitrogens with zero attached hydrogens (tertiary/aromatic N) is 1. The zero-order valence-corrected chi connectivity index (χ0v) is 15.2. The lowest BCUT2D eigenvalue weighted by Gasteiger charge is -2.11. The van der Waals surface area contributed by atoms with Gasteiger partial charge in [0, 0.05) is 0 Å². The number of rotatable bonds is 5. The maximum atomic E-state index is 12.7. The topological polar surface area (TPSA) is 57.7 Å². The van der Waals surface area contributed by atoms with Crippen LogP contribution in [0.2, 0.25) is 5.02 Å². The average molecular weight is 418 g/mol. The zero-order chi connectivity index (χ0) is 19.6. The summed E-state index contributed by atoms with van der Waals surface area (Å²) in [5, 5.41) is 0.417. The van der Waals surface area contributed by atoms with Gasteiger partial charge in [0.25, 0.3) is 0 Å². The second-order valence-corrected chi connectivity index (χ2v) is 6.47. The molecular formula is C17H11ClF3NO4S. The Labute approximate surface area is 160 Å². The number of alkyl halides is 3. The van der Waals surface area contributed by atoms with Crippen LogP contribution >= 0.6 is 23.1 Å². The van der Waals surface area contributed by atoms with Crippen LogP contribution in [0.1, 0.15) is 5.56 Å². The van der Waals surface area contributed by atoms with Crippen molar-refractivity contribution in [3.63, 3.8) is 0 Å². The van der Waals surface area contributed by atoms with Gasteiger partial charge in [-0.3, -0.25) is 0 Å². The van der Waals surface area contributed by atoms with E-state index in [1.165, 1.54) is 7.11 Å². The summed E-state index contributed by atoms with van der Waals surface area (Å²) in [5.41, 5.74) is -0.865. The van der Waals surface area contributed by atoms with E-state index in [-0.39, 0.29) is 23.3 Å². The summed E-state index contributed by atoms with van der Waals surface area (Å²) in [5.74, 6) is 0.0703. The molecule has 142 valence electrons. The maximum absolute atomic E-state index is 12.7. The van der Waals surface area contributed by atoms with Gasteiger partial charge in [-0.05, 0) is 47.9 Å². The summed E-state index contributed by atoms with van der Waals surface area (Å²) in [4.78, 5) is 11.2. The van der Waals surface area contributed by atoms with E-state index in [2.05, 4.69) is 9.11 Å². The van der Waals surface area contributed by atoms with Crippen molar-refractivity contribution in [1.29, 1.82) is 0 Å². The molecule has 0 bridgehead atoms. The molecule has 0 saturated heterocycles. The van der Waals surface area contributed by atoms with Crippen LogP contribution < -0.4 is 9.47 Å². The van der Waals surface area contributed by atoms with Crippen LogP contribution in [0.25, 0.3) is 10.1 Å². The van der Waals surface area contributed by atoms with E-state index in [4.69, 9.17) is 21.1 Å². The van der Waals surface area contributed by atoms with Gasteiger partial charge in [-0.25, -0.2) is 4.79 Å². The van der Waals surface area contributed by atoms with Crippen LogP contribution in [-0.2, 0) is 15.7 Å². The minimum absolute atomic E-state index is 0.0734. The summed E-state index contributed by atoms with van der Waals surface area (Å²) in [6.07, 6.45) is -4.49. The Kier molecular flexibility index (Phi) is 5.43. The van der Waals surface area contributed by atoms with Crippen LogP contribution in [0.5, 0.6) is 17.4 Å². The van der Waals surface area contributed by atoms with E-state index >= 15 is 0 Å². The number of methoxy groups -OCH3 is 1. The lowest BCUT2D eigenvalue weighted by Crippen LogP contribution is -2.12. The molecule has 0 N–H and O–H groups in total. The molecule has 3 rings (SSSR count). The van der Waals surface area contributed by atoms with E-state index in [1.807, 2.05) is 0 Å². The Morgan fingerprint density at radius 2 is 2.00 bits per heavy atom. The molecule has 0 atom stereocenters. The number of halogens is 4. The molecule has 0 aliphatic heterocycles. The number of ether oxygens (including phenoxy) is 3. The average Bonchev–Trinajstić information content (AvgIpc) is 3.02. The summed E-state index contributed by atoms with van der Waals surface area (Å²) in [6, 6.07) is 7.77. The zero-order valence-electron chi connectivity index (χ0n) is 13.7. The second-order valence-electron chi connectivity index (χ2n) is 5.26. The molecule has 10 heteroatoms. The molecule has 1 aromatic heterocycles. The monoisotopic (exact) mass is 417 g/mol. The molecule has 1 heterocycles. The normalized spacial score (nSPS) is 11.4. The first-order valence-corrected chi connectivity index (χ1v) is 8.56. The van der Waals surface area contributed by atoms with Crippen LogP contribution in [0.3, 0.4) is 0 Å². The van der Waals surface area contributed by atoms with Crippen LogP contribution in [0.4, 0.5) is 13.2 Å². The van der Waals surface area contributed by atoms with E-state index in [1.54, 1.807) is 18.2 Å². The molecule has 0 aliphatic carbocycles. The fourth-order valence-corrected chi connectivity index (χ4v) is 3.06. The van der Waals surface area contributed by atoms with Crippen molar-refractivity contribution in [2.75, 3.05) is 13.7 Å². The maximum Gasteiger partial charge on any atom is 0.416 e. The van der Waals surface area contributed by atoms with Crippen molar-refractivity contribution in [3.05, 3.63) is 47.0 Å². The van der Waals surface area contributed by atoms with Crippen molar-refractivity contribution in [2.45, 2.75) is 6.18 Å². The van der Waals surface area contributed by atoms with E-state index < -0.39 is 17.7 Å². The smallest absolute Gasteiger partial charge is 0.416 e. The Balaban J connectivity index is 1.84. The number of carbonyl (C=O) groups excluding carboxylic acids is 1. The van der Waals surface area contributed by atoms with Gasteiger partial charge in [0.2, 0.25) is 5.88 Å². The Morgan fingerprint density at radius 1 is 1.22 bits per heavy atom. The minimum Gasteiger partial charge on any atom is -0.466 e. The molecule has 5 nitrogen and oxygen atoms in total. The van der Waals surface area contributed by atoms with E-state index in [0.29, 0.717) is 11.1 Å². The summed E-state index contributed by atoms with van der Waals surface area (Å²) >= 11 is 7.07. The highest BCUT2D eigenvalue weighted by atomic mass is 35.5. The number of fused-ring (bicyclic) bond motifs is 1. The summed E-state index contributed by atoms with van der Waals surface area (Å²) in [7, 11) is 1.24. The number of aromatic nitrogens is 1. The van der Waals surface area contributed by atoms with Gasteiger partial charge in [-0.1, -0.05) is 11.6 Å². The predicted molar refractivity (Wildman–Crippen MR) is 93.7 cm³/mol. The molecule has 0 unspecified atom stereocenters. The third-order valence-corrected chi connectivity index (χ3v) is 4.55. The second kappa shape index (κ2) is 7.61. The highest BCUT2D eigenvalue weighted by molar-refractivity contribution is 7.13. The summed E-state index contributed by atoms with van der Waals surface area (Å²) in [6.45, 7) is -0.300. The molecular weight excluding hydrogens is 407 g/mol. The third kappa shape index (κ3) is 4.42. The number of hydrogen-bond acceptors (Lipinski definition) is 6. The molecule has 0 saturated carbocycles. The van der Waals surface area contributed by atoms with Crippen molar-refractivity contribution >= 4 is 39.2 Å². The Bertz CT molecular complexity index is 990. The number of benzene rings is 2. The Hall–Kier alpha value is -2.52. The standard InChI is InChI=1S/C17H11ClF3NO4S/c1-24-15(23)8-25-16-11-7-10(3-5-14(11)27-22-16)26-13-4-2-9(6-12(13)18)17(19,20)21/h2-7H,8H2,1H3. The highest BCUT2D eigenvalue weighted by Crippen LogP contribution is 2.38. The van der Waals surface area contributed by atoms with Gasteiger partial charge in [-0.2, -0.15) is 17.5 Å². The predicted octanol–water partition coefficient (Wildman–Crippen LogP) is 5.31. The third-order valence-electron chi connectivity index (χ3n) is 3.45. The quantitative estimate of drug-likeness (QED) is 0.526. The number of hydrogen-bond donors (Lipinski definition) is 0. The molecule has 0 fully saturated rings. The molecule has 0 aliphatic rings. The van der Waals surface area contributed by atoms with E-state index in [9.17, 15) is 18.0 Å². The fraction of sp³-hybridized carbons (Fsp3) is 0.176. The first-order valence-electron chi connectivity index (χ1n) is 7.41. The van der Waals surface area contributed by atoms with Gasteiger partial charge < -0.3 is 14.2 Å². The SMILES string of the molecule is COC(=O)COc1nsc2ccc(Oc3ccc(C(F)(F)F)cc3Cl)cc12. The van der Waals surface area contributed by atoms with Crippen LogP contribution in [-0.4, -0.2) is 24.1 Å². The first kappa shape index (κ1) is 19.2. The van der Waals surface area contributed by atoms with Crippen molar-refractivity contribution in [2.24, 2.45) is 0 Å². The lowest BCUT2D eigenvalue weighted by atomic mass is 10.2. The minimum atomic E-state index is -4.49. The van der Waals surface area contributed by atoms with Gasteiger partial charge in [0.05, 0.1) is 27.8 Å². The van der Waals surface area contributed by atoms with Crippen LogP contribution in [0.15, 0.2) is 36.4 Å². The van der Waals surface area contributed by atoms with Gasteiger partial charge in [-0.15, -0.1) is 0 Å². The van der Waals surface area contributed by atoms with Crippen molar-refractivity contribution < 1.29 is 32.2 Å². The molecule has 0 radical (unpaired) electrons. The van der Waals surface area contributed by atoms with E-state index in [0.717, 1.165) is 34.4 Å². The number of esters is 1. The largest absolute Gasteiger partial charge is 0.466 e. The van der Waals surface area contributed by atoms with Crippen molar-refractivity contribution in [1.82, 2.24) is 4.37 Å². The first-order chi connectivity index (χ1) is 12.8. The Morgan fingerprint density at radius 3 is 2.67 bits per heavy atom. The lowest BCUT2D eigenvalue weighted by molar-refractivity contribution is -0.143. The molecule has 2 aromatic carbocycles. The molecule has 3 aromatic rings. The molecule has 0 spiro atoms. The van der Waals surface area contributed by atoms with Gasteiger partial charge >= 0.3 is 12.1 Å². The number of carbonyl (C=O) groups is 1. The molecule has 0 amide bonds. The molecule has 27 heavy (non-hydrogen) atoms. The fourth-order valence-electron chi connectivity index (χ4n) is 2.14. The highest BCUT2D eigenvalue weighted by Gasteiger charge is 2.31. The van der Waals surface area contributed by atoms with Gasteiger partial charge in [0.15, 0.2) is 6.61 Å². The van der Waals surface area contributed by atoms with Crippen molar-refractivity contribution in [3.8, 4) is 17.4 Å². The summed E-state index contributed by atoms with van der Waals surface area (Å²) < 4.78 is 58.4. The van der Waals surface area contributed by atoms with Crippen LogP contribution in [0, 0.1) is 0 Å². The van der Waals surface area contributed by atoms with Gasteiger partial charge in [0.1, 0.15) is 11.5 Å².